The van der Waals surface area contributed by atoms with Crippen molar-refractivity contribution in [2.75, 3.05) is 13.2 Å². The van der Waals surface area contributed by atoms with Crippen molar-refractivity contribution in [3.8, 4) is 0 Å². The van der Waals surface area contributed by atoms with E-state index in [9.17, 15) is 35.7 Å². The van der Waals surface area contributed by atoms with Crippen LogP contribution in [0.25, 0.3) is 0 Å². The molecule has 2 unspecified atom stereocenters. The molecule has 0 aromatic heterocycles. The molecule has 0 aromatic carbocycles. The molecule has 10 nitrogen and oxygen atoms in total. The highest BCUT2D eigenvalue weighted by atomic mass is 16.5. The fraction of sp³-hybridized carbons (Fsp3) is 1.00. The summed E-state index contributed by atoms with van der Waals surface area (Å²) in [6, 6.07) is 0. The fourth-order valence-electron chi connectivity index (χ4n) is 2.06. The molecule has 9 atom stereocenters. The molecule has 1 saturated heterocycles. The zero-order chi connectivity index (χ0) is 16.3. The Morgan fingerprint density at radius 1 is 0.857 bits per heavy atom. The lowest BCUT2D eigenvalue weighted by molar-refractivity contribution is -0.234. The monoisotopic (exact) mass is 314 g/mol. The molecule has 0 spiro atoms. The predicted octanol–water partition coefficient (Wildman–Crippen LogP) is -5.74. The molecule has 9 N–H and O–H groups in total. The molecule has 0 aromatic rings. The van der Waals surface area contributed by atoms with E-state index >= 15 is 0 Å². The van der Waals surface area contributed by atoms with Crippen LogP contribution in [0, 0.1) is 0 Å². The first kappa shape index (κ1) is 18.6. The maximum Gasteiger partial charge on any atom is 0.115 e. The summed E-state index contributed by atoms with van der Waals surface area (Å²) in [6.07, 6.45) is -15.9. The summed E-state index contributed by atoms with van der Waals surface area (Å²) in [7, 11) is 0. The number of hydrogen-bond donors (Lipinski definition) is 9. The Hall–Kier alpha value is -0.400. The van der Waals surface area contributed by atoms with Crippen molar-refractivity contribution in [1.29, 1.82) is 0 Å². The van der Waals surface area contributed by atoms with Crippen LogP contribution in [0.4, 0.5) is 0 Å². The largest absolute Gasteiger partial charge is 0.394 e. The van der Waals surface area contributed by atoms with Crippen LogP contribution >= 0.6 is 0 Å². The minimum absolute atomic E-state index is 0.412. The highest BCUT2D eigenvalue weighted by Crippen LogP contribution is 2.22. The number of rotatable bonds is 6. The summed E-state index contributed by atoms with van der Waals surface area (Å²) in [5.41, 5.74) is 0. The van der Waals surface area contributed by atoms with Crippen LogP contribution in [0.2, 0.25) is 0 Å². The van der Waals surface area contributed by atoms with E-state index in [0.717, 1.165) is 0 Å². The molecule has 0 bridgehead atoms. The van der Waals surface area contributed by atoms with Crippen LogP contribution in [-0.4, -0.2) is 114 Å². The lowest BCUT2D eigenvalue weighted by Crippen LogP contribution is -2.61. The molecule has 21 heavy (non-hydrogen) atoms. The van der Waals surface area contributed by atoms with Crippen molar-refractivity contribution >= 4 is 0 Å². The van der Waals surface area contributed by atoms with Crippen molar-refractivity contribution in [3.63, 3.8) is 0 Å². The van der Waals surface area contributed by atoms with Crippen molar-refractivity contribution in [3.05, 3.63) is 0 Å². The normalized spacial score (nSPS) is 37.6. The van der Waals surface area contributed by atoms with Crippen LogP contribution < -0.4 is 0 Å². The Labute approximate surface area is 120 Å². The summed E-state index contributed by atoms with van der Waals surface area (Å²) >= 11 is 0. The van der Waals surface area contributed by atoms with Gasteiger partial charge in [0.25, 0.3) is 0 Å². The maximum absolute atomic E-state index is 9.85. The van der Waals surface area contributed by atoms with Gasteiger partial charge in [0.2, 0.25) is 0 Å². The lowest BCUT2D eigenvalue weighted by Gasteiger charge is -2.40. The molecule has 126 valence electrons. The third kappa shape index (κ3) is 4.07. The zero-order valence-corrected chi connectivity index (χ0v) is 11.0. The highest BCUT2D eigenvalue weighted by Gasteiger charge is 2.46. The Bertz CT molecular complexity index is 315. The van der Waals surface area contributed by atoms with E-state index in [1.807, 2.05) is 0 Å². The molecule has 1 aliphatic rings. The van der Waals surface area contributed by atoms with Crippen molar-refractivity contribution in [2.45, 2.75) is 54.9 Å². The Morgan fingerprint density at radius 2 is 1.43 bits per heavy atom. The van der Waals surface area contributed by atoms with Gasteiger partial charge in [0.05, 0.1) is 13.2 Å². The van der Waals surface area contributed by atoms with Crippen molar-refractivity contribution in [1.82, 2.24) is 0 Å². The molecular weight excluding hydrogens is 292 g/mol. The summed E-state index contributed by atoms with van der Waals surface area (Å²) in [5.74, 6) is 0. The Kier molecular flexibility index (Phi) is 6.87. The number of aliphatic hydroxyl groups is 9. The Balaban J connectivity index is 2.71. The quantitative estimate of drug-likeness (QED) is 0.228. The first-order chi connectivity index (χ1) is 9.72. The molecule has 1 rings (SSSR count). The molecule has 1 aliphatic heterocycles. The van der Waals surface area contributed by atoms with Gasteiger partial charge in [-0.05, 0) is 0 Å². The van der Waals surface area contributed by atoms with Crippen molar-refractivity contribution < 1.29 is 50.7 Å². The molecule has 0 amide bonds. The van der Waals surface area contributed by atoms with E-state index in [4.69, 9.17) is 14.9 Å². The van der Waals surface area contributed by atoms with Crippen LogP contribution in [0.15, 0.2) is 0 Å². The fourth-order valence-corrected chi connectivity index (χ4v) is 2.06. The topological polar surface area (TPSA) is 191 Å². The number of ether oxygens (including phenoxy) is 1. The van der Waals surface area contributed by atoms with Gasteiger partial charge in [-0.2, -0.15) is 0 Å². The average molecular weight is 314 g/mol. The van der Waals surface area contributed by atoms with Crippen molar-refractivity contribution in [2.24, 2.45) is 0 Å². The van der Waals surface area contributed by atoms with Crippen LogP contribution in [0.3, 0.4) is 0 Å². The third-order valence-electron chi connectivity index (χ3n) is 3.51. The van der Waals surface area contributed by atoms with Gasteiger partial charge >= 0.3 is 0 Å². The lowest BCUT2D eigenvalue weighted by atomic mass is 9.90. The zero-order valence-electron chi connectivity index (χ0n) is 11.0. The van der Waals surface area contributed by atoms with Gasteiger partial charge in [0, 0.05) is 0 Å². The van der Waals surface area contributed by atoms with Gasteiger partial charge in [-0.1, -0.05) is 0 Å². The van der Waals surface area contributed by atoms with Crippen LogP contribution in [0.5, 0.6) is 0 Å². The third-order valence-corrected chi connectivity index (χ3v) is 3.51. The van der Waals surface area contributed by atoms with E-state index in [1.165, 1.54) is 0 Å². The van der Waals surface area contributed by atoms with E-state index in [1.54, 1.807) is 0 Å². The second-order valence-corrected chi connectivity index (χ2v) is 5.06. The summed E-state index contributed by atoms with van der Waals surface area (Å²) in [4.78, 5) is 0. The van der Waals surface area contributed by atoms with E-state index in [-0.39, 0.29) is 0 Å². The highest BCUT2D eigenvalue weighted by molar-refractivity contribution is 4.95. The van der Waals surface area contributed by atoms with Crippen LogP contribution in [-0.2, 0) is 4.74 Å². The second kappa shape index (κ2) is 7.74. The smallest absolute Gasteiger partial charge is 0.115 e. The Morgan fingerprint density at radius 3 is 1.95 bits per heavy atom. The molecule has 10 heteroatoms. The van der Waals surface area contributed by atoms with E-state index in [0.29, 0.717) is 0 Å². The first-order valence-electron chi connectivity index (χ1n) is 6.39. The molecular formula is C11H22O10. The molecule has 0 aliphatic carbocycles. The number of aliphatic hydroxyl groups excluding tert-OH is 9. The van der Waals surface area contributed by atoms with Crippen LogP contribution in [0.1, 0.15) is 0 Å². The SMILES string of the molecule is OC[C@@H](O)[C@@H](O)[C@H](O)[C@H](O)C(O)C1OC[C@@H](O)[C@H](O)[C@H]1O. The summed E-state index contributed by atoms with van der Waals surface area (Å²) in [6.45, 7) is -1.29. The van der Waals surface area contributed by atoms with Gasteiger partial charge in [-0.25, -0.2) is 0 Å². The average Bonchev–Trinajstić information content (AvgIpc) is 2.49. The van der Waals surface area contributed by atoms with Gasteiger partial charge in [0.15, 0.2) is 0 Å². The van der Waals surface area contributed by atoms with Gasteiger partial charge in [-0.3, -0.25) is 0 Å². The van der Waals surface area contributed by atoms with E-state index in [2.05, 4.69) is 0 Å². The minimum atomic E-state index is -2.04. The molecule has 1 fully saturated rings. The number of hydrogen-bond acceptors (Lipinski definition) is 10. The second-order valence-electron chi connectivity index (χ2n) is 5.06. The van der Waals surface area contributed by atoms with E-state index < -0.39 is 68.1 Å². The standard InChI is InChI=1S/C11H22O10/c12-1-3(13)5(15)7(17)8(18)10(20)11-9(19)6(16)4(14)2-21-11/h3-20H,1-2H2/t3-,4-,5-,6+,7+,8+,9-,10?,11?/m1/s1. The first-order valence-corrected chi connectivity index (χ1v) is 6.39. The molecule has 0 saturated carbocycles. The molecule has 1 heterocycles. The van der Waals surface area contributed by atoms with Gasteiger partial charge in [0.1, 0.15) is 54.9 Å². The summed E-state index contributed by atoms with van der Waals surface area (Å²) < 4.78 is 4.90. The van der Waals surface area contributed by atoms with Gasteiger partial charge < -0.3 is 50.7 Å². The molecule has 0 radical (unpaired) electrons. The minimum Gasteiger partial charge on any atom is -0.394 e. The summed E-state index contributed by atoms with van der Waals surface area (Å²) in [5, 5.41) is 84.8. The van der Waals surface area contributed by atoms with Gasteiger partial charge in [-0.15, -0.1) is 0 Å². The predicted molar refractivity (Wildman–Crippen MR) is 64.9 cm³/mol. The maximum atomic E-state index is 9.85.